The van der Waals surface area contributed by atoms with Crippen molar-refractivity contribution in [1.82, 2.24) is 0 Å². The molecule has 74 valence electrons. The topological polar surface area (TPSA) is 27.6 Å². The van der Waals surface area contributed by atoms with Crippen molar-refractivity contribution in [3.8, 4) is 0 Å². The number of benzene rings is 1. The van der Waals surface area contributed by atoms with Gasteiger partial charge < -0.3 is 29.7 Å². The molecule has 1 nitrogen and oxygen atoms in total. The summed E-state index contributed by atoms with van der Waals surface area (Å²) in [6, 6.07) is 8.71. The van der Waals surface area contributed by atoms with Gasteiger partial charge in [-0.05, 0) is 11.0 Å². The zero-order valence-corrected chi connectivity index (χ0v) is 10.8. The quantitative estimate of drug-likeness (QED) is 0.625. The summed E-state index contributed by atoms with van der Waals surface area (Å²) >= 11 is 0. The molecule has 0 amide bonds. The number of quaternary nitrogens is 1. The third-order valence-corrected chi connectivity index (χ3v) is 2.11. The van der Waals surface area contributed by atoms with Gasteiger partial charge in [-0.25, -0.2) is 0 Å². The summed E-state index contributed by atoms with van der Waals surface area (Å²) in [6.45, 7) is 7.56. The molecule has 0 saturated carbocycles. The Kier molecular flexibility index (Phi) is 4.92. The second kappa shape index (κ2) is 4.96. The highest BCUT2D eigenvalue weighted by Gasteiger charge is 2.12. The highest BCUT2D eigenvalue weighted by atomic mass is 127. The third kappa shape index (κ3) is 3.65. The van der Waals surface area contributed by atoms with Crippen LogP contribution < -0.4 is 29.7 Å². The van der Waals surface area contributed by atoms with E-state index in [1.165, 1.54) is 11.1 Å². The van der Waals surface area contributed by atoms with Gasteiger partial charge in [0.15, 0.2) is 0 Å². The van der Waals surface area contributed by atoms with E-state index < -0.39 is 0 Å². The van der Waals surface area contributed by atoms with Crippen molar-refractivity contribution in [3.05, 3.63) is 35.4 Å². The Hall–Kier alpha value is -0.0900. The Morgan fingerprint density at radius 3 is 1.85 bits per heavy atom. The van der Waals surface area contributed by atoms with Crippen molar-refractivity contribution in [2.75, 3.05) is 0 Å². The summed E-state index contributed by atoms with van der Waals surface area (Å²) in [4.78, 5) is 0. The van der Waals surface area contributed by atoms with E-state index >= 15 is 0 Å². The first-order valence-corrected chi connectivity index (χ1v) is 4.42. The number of hydrogen-bond acceptors (Lipinski definition) is 0. The molecule has 0 spiro atoms. The molecule has 0 aromatic heterocycles. The van der Waals surface area contributed by atoms with Gasteiger partial charge in [0, 0.05) is 5.56 Å². The van der Waals surface area contributed by atoms with Crippen molar-refractivity contribution < 1.29 is 29.7 Å². The van der Waals surface area contributed by atoms with Crippen molar-refractivity contribution in [2.24, 2.45) is 0 Å². The molecule has 0 fully saturated rings. The molecule has 0 radical (unpaired) electrons. The van der Waals surface area contributed by atoms with Gasteiger partial charge in [-0.15, -0.1) is 0 Å². The van der Waals surface area contributed by atoms with Gasteiger partial charge in [0.25, 0.3) is 0 Å². The molecule has 0 saturated heterocycles. The van der Waals surface area contributed by atoms with Crippen LogP contribution in [0.5, 0.6) is 0 Å². The number of rotatable bonds is 1. The van der Waals surface area contributed by atoms with Gasteiger partial charge in [-0.1, -0.05) is 45.0 Å². The lowest BCUT2D eigenvalue weighted by Crippen LogP contribution is -3.00. The zero-order chi connectivity index (χ0) is 9.19. The molecule has 0 bridgehead atoms. The highest BCUT2D eigenvalue weighted by molar-refractivity contribution is 5.26. The van der Waals surface area contributed by atoms with Gasteiger partial charge in [-0.3, -0.25) is 0 Å². The molecule has 0 aliphatic rings. The average Bonchev–Trinajstić information content (AvgIpc) is 2.03. The standard InChI is InChI=1S/C11H17N.HI/c1-11(2,3)10-6-4-9(8-12)5-7-10;/h4-7H,8,12H2,1-3H3;1H. The van der Waals surface area contributed by atoms with E-state index in [0.29, 0.717) is 0 Å². The Balaban J connectivity index is 0.00000144. The van der Waals surface area contributed by atoms with Gasteiger partial charge in [0.2, 0.25) is 0 Å². The van der Waals surface area contributed by atoms with Gasteiger partial charge in [-0.2, -0.15) is 0 Å². The normalized spacial score (nSPS) is 10.8. The van der Waals surface area contributed by atoms with Crippen LogP contribution in [-0.4, -0.2) is 0 Å². The molecular weight excluding hydrogens is 273 g/mol. The first kappa shape index (κ1) is 12.9. The smallest absolute Gasteiger partial charge is 0.0997 e. The van der Waals surface area contributed by atoms with Crippen LogP contribution in [0.2, 0.25) is 0 Å². The maximum atomic E-state index is 3.85. The second-order valence-electron chi connectivity index (χ2n) is 4.20. The first-order chi connectivity index (χ1) is 5.54. The van der Waals surface area contributed by atoms with Crippen LogP contribution in [-0.2, 0) is 12.0 Å². The van der Waals surface area contributed by atoms with Crippen LogP contribution in [0.15, 0.2) is 24.3 Å². The maximum Gasteiger partial charge on any atom is 0.0997 e. The molecule has 1 aromatic rings. The van der Waals surface area contributed by atoms with E-state index in [4.69, 9.17) is 0 Å². The summed E-state index contributed by atoms with van der Waals surface area (Å²) in [5.74, 6) is 0. The molecule has 1 aromatic carbocycles. The van der Waals surface area contributed by atoms with E-state index in [-0.39, 0.29) is 29.4 Å². The first-order valence-electron chi connectivity index (χ1n) is 4.42. The van der Waals surface area contributed by atoms with Crippen LogP contribution in [0.4, 0.5) is 0 Å². The van der Waals surface area contributed by atoms with Gasteiger partial charge in [0.1, 0.15) is 0 Å². The Morgan fingerprint density at radius 1 is 1.08 bits per heavy atom. The van der Waals surface area contributed by atoms with E-state index in [1.807, 2.05) is 0 Å². The van der Waals surface area contributed by atoms with Gasteiger partial charge in [0.05, 0.1) is 6.54 Å². The van der Waals surface area contributed by atoms with Crippen LogP contribution in [0.25, 0.3) is 0 Å². The van der Waals surface area contributed by atoms with E-state index in [0.717, 1.165) is 6.54 Å². The summed E-state index contributed by atoms with van der Waals surface area (Å²) in [5.41, 5.74) is 6.81. The fourth-order valence-electron chi connectivity index (χ4n) is 1.17. The van der Waals surface area contributed by atoms with Crippen molar-refractivity contribution in [3.63, 3.8) is 0 Å². The van der Waals surface area contributed by atoms with Crippen LogP contribution in [0, 0.1) is 0 Å². The molecule has 0 atom stereocenters. The fourth-order valence-corrected chi connectivity index (χ4v) is 1.17. The van der Waals surface area contributed by atoms with Crippen molar-refractivity contribution in [1.29, 1.82) is 0 Å². The molecule has 0 heterocycles. The summed E-state index contributed by atoms with van der Waals surface area (Å²) in [5, 5.41) is 0. The minimum absolute atomic E-state index is 0. The van der Waals surface area contributed by atoms with Crippen LogP contribution in [0.1, 0.15) is 31.9 Å². The monoisotopic (exact) mass is 291 g/mol. The number of hydrogen-bond donors (Lipinski definition) is 1. The van der Waals surface area contributed by atoms with Crippen molar-refractivity contribution >= 4 is 0 Å². The molecule has 0 aliphatic carbocycles. The molecule has 3 N–H and O–H groups in total. The lowest BCUT2D eigenvalue weighted by Gasteiger charge is -2.18. The highest BCUT2D eigenvalue weighted by Crippen LogP contribution is 2.21. The summed E-state index contributed by atoms with van der Waals surface area (Å²) in [7, 11) is 0. The SMILES string of the molecule is CC(C)(C)c1ccc(C[NH3+])cc1.[I-]. The molecule has 1 rings (SSSR count). The minimum atomic E-state index is 0. The van der Waals surface area contributed by atoms with Gasteiger partial charge >= 0.3 is 0 Å². The van der Waals surface area contributed by atoms with Crippen molar-refractivity contribution in [2.45, 2.75) is 32.7 Å². The summed E-state index contributed by atoms with van der Waals surface area (Å²) in [6.07, 6.45) is 0. The predicted molar refractivity (Wildman–Crippen MR) is 51.7 cm³/mol. The predicted octanol–water partition coefficient (Wildman–Crippen LogP) is -1.27. The Bertz CT molecular complexity index is 246. The Morgan fingerprint density at radius 2 is 1.54 bits per heavy atom. The van der Waals surface area contributed by atoms with E-state index in [2.05, 4.69) is 50.8 Å². The van der Waals surface area contributed by atoms with E-state index in [1.54, 1.807) is 0 Å². The zero-order valence-electron chi connectivity index (χ0n) is 8.60. The molecule has 0 unspecified atom stereocenters. The Labute approximate surface area is 97.7 Å². The molecular formula is C11H18IN. The fraction of sp³-hybridized carbons (Fsp3) is 0.455. The lowest BCUT2D eigenvalue weighted by atomic mass is 9.87. The minimum Gasteiger partial charge on any atom is -1.00 e. The molecule has 2 heteroatoms. The largest absolute Gasteiger partial charge is 1.00 e. The summed E-state index contributed by atoms with van der Waals surface area (Å²) < 4.78 is 0. The lowest BCUT2D eigenvalue weighted by molar-refractivity contribution is -0.386. The van der Waals surface area contributed by atoms with E-state index in [9.17, 15) is 0 Å². The molecule has 0 aliphatic heterocycles. The maximum absolute atomic E-state index is 3.85. The number of halogens is 1. The second-order valence-corrected chi connectivity index (χ2v) is 4.20. The molecule has 13 heavy (non-hydrogen) atoms. The third-order valence-electron chi connectivity index (χ3n) is 2.11. The van der Waals surface area contributed by atoms with Crippen LogP contribution in [0.3, 0.4) is 0 Å². The van der Waals surface area contributed by atoms with Crippen LogP contribution >= 0.6 is 0 Å². The average molecular weight is 291 g/mol.